The summed E-state index contributed by atoms with van der Waals surface area (Å²) in [6.07, 6.45) is 1.65. The van der Waals surface area contributed by atoms with Gasteiger partial charge < -0.3 is 4.90 Å². The summed E-state index contributed by atoms with van der Waals surface area (Å²) in [4.78, 5) is 14.8. The van der Waals surface area contributed by atoms with Crippen LogP contribution in [0, 0.1) is 13.8 Å². The molecule has 2 aromatic carbocycles. The molecule has 0 atom stereocenters. The molecule has 1 fully saturated rings. The fourth-order valence-corrected chi connectivity index (χ4v) is 6.17. The zero-order valence-corrected chi connectivity index (χ0v) is 20.5. The summed E-state index contributed by atoms with van der Waals surface area (Å²) in [5, 5.41) is 4.77. The van der Waals surface area contributed by atoms with Crippen molar-refractivity contribution in [1.82, 2.24) is 19.0 Å². The lowest BCUT2D eigenvalue weighted by Crippen LogP contribution is -2.29. The van der Waals surface area contributed by atoms with E-state index in [-0.39, 0.29) is 21.4 Å². The number of benzene rings is 2. The minimum absolute atomic E-state index is 0.0189. The van der Waals surface area contributed by atoms with Crippen LogP contribution in [0.15, 0.2) is 53.4 Å². The Morgan fingerprint density at radius 3 is 2.42 bits per heavy atom. The summed E-state index contributed by atoms with van der Waals surface area (Å²) in [6.45, 7) is 5.19. The van der Waals surface area contributed by atoms with Crippen molar-refractivity contribution in [2.75, 3.05) is 20.1 Å². The maximum atomic E-state index is 13.2. The number of nitrogens with zero attached hydrogens (tertiary/aromatic N) is 4. The van der Waals surface area contributed by atoms with Crippen LogP contribution >= 0.6 is 11.6 Å². The fraction of sp³-hybridized carbons (Fsp3) is 0.333. The highest BCUT2D eigenvalue weighted by atomic mass is 35.5. The van der Waals surface area contributed by atoms with Gasteiger partial charge in [-0.3, -0.25) is 4.79 Å². The Morgan fingerprint density at radius 1 is 1.09 bits per heavy atom. The lowest BCUT2D eigenvalue weighted by molar-refractivity contribution is 0.0784. The van der Waals surface area contributed by atoms with Crippen LogP contribution in [0.5, 0.6) is 0 Å². The molecule has 0 N–H and O–H groups in total. The first kappa shape index (κ1) is 23.5. The largest absolute Gasteiger partial charge is 0.337 e. The summed E-state index contributed by atoms with van der Waals surface area (Å²) in [7, 11) is -2.03. The molecule has 1 saturated heterocycles. The zero-order chi connectivity index (χ0) is 23.8. The van der Waals surface area contributed by atoms with Gasteiger partial charge in [-0.1, -0.05) is 29.8 Å². The molecule has 9 heteroatoms. The van der Waals surface area contributed by atoms with Crippen molar-refractivity contribution in [3.8, 4) is 5.69 Å². The van der Waals surface area contributed by atoms with E-state index in [1.54, 1.807) is 18.0 Å². The molecule has 1 aromatic heterocycles. The first-order valence-electron chi connectivity index (χ1n) is 10.9. The van der Waals surface area contributed by atoms with Crippen LogP contribution in [0.25, 0.3) is 5.69 Å². The number of hydrogen-bond donors (Lipinski definition) is 0. The summed E-state index contributed by atoms with van der Waals surface area (Å²) in [6, 6.07) is 14.3. The molecule has 0 radical (unpaired) electrons. The number of halogens is 1. The second-order valence-corrected chi connectivity index (χ2v) is 10.6. The topological polar surface area (TPSA) is 75.5 Å². The van der Waals surface area contributed by atoms with Gasteiger partial charge in [0.15, 0.2) is 0 Å². The monoisotopic (exact) mass is 486 g/mol. The maximum Gasteiger partial charge on any atom is 0.253 e. The van der Waals surface area contributed by atoms with Gasteiger partial charge >= 0.3 is 0 Å². The van der Waals surface area contributed by atoms with E-state index in [4.69, 9.17) is 11.6 Å². The highest BCUT2D eigenvalue weighted by Crippen LogP contribution is 2.29. The third-order valence-corrected chi connectivity index (χ3v) is 8.43. The Morgan fingerprint density at radius 2 is 1.76 bits per heavy atom. The Bertz CT molecular complexity index is 1280. The fourth-order valence-electron chi connectivity index (χ4n) is 4.16. The molecule has 1 aliphatic rings. The molecule has 0 bridgehead atoms. The molecule has 0 aliphatic carbocycles. The third kappa shape index (κ3) is 4.55. The van der Waals surface area contributed by atoms with Crippen molar-refractivity contribution in [3.63, 3.8) is 0 Å². The number of sulfonamides is 1. The average Bonchev–Trinajstić information content (AvgIpc) is 3.44. The van der Waals surface area contributed by atoms with Gasteiger partial charge in [0.1, 0.15) is 4.90 Å². The highest BCUT2D eigenvalue weighted by molar-refractivity contribution is 7.89. The molecule has 3 aromatic rings. The smallest absolute Gasteiger partial charge is 0.253 e. The van der Waals surface area contributed by atoms with E-state index in [1.165, 1.54) is 16.4 Å². The summed E-state index contributed by atoms with van der Waals surface area (Å²) < 4.78 is 29.3. The summed E-state index contributed by atoms with van der Waals surface area (Å²) in [5.41, 5.74) is 3.97. The van der Waals surface area contributed by atoms with E-state index in [0.717, 1.165) is 35.5 Å². The van der Waals surface area contributed by atoms with Crippen LogP contribution in [-0.4, -0.2) is 53.4 Å². The van der Waals surface area contributed by atoms with Crippen LogP contribution in [0.4, 0.5) is 0 Å². The summed E-state index contributed by atoms with van der Waals surface area (Å²) >= 11 is 6.23. The molecule has 0 spiro atoms. The number of aryl methyl sites for hydroxylation is 1. The molecule has 0 saturated carbocycles. The van der Waals surface area contributed by atoms with Gasteiger partial charge in [0.05, 0.1) is 16.4 Å². The first-order chi connectivity index (χ1) is 15.7. The Labute approximate surface area is 199 Å². The van der Waals surface area contributed by atoms with E-state index in [9.17, 15) is 13.2 Å². The Balaban J connectivity index is 1.59. The number of rotatable bonds is 6. The van der Waals surface area contributed by atoms with E-state index >= 15 is 0 Å². The zero-order valence-electron chi connectivity index (χ0n) is 19.0. The standard InChI is InChI=1S/C24H27ClN4O3S/c1-17-21(18(2)29(26-17)20-9-5-4-6-10-20)16-27(3)24(30)19-11-12-22(25)23(15-19)33(31,32)28-13-7-8-14-28/h4-6,9-12,15H,7-8,13-14,16H2,1-3H3. The van der Waals surface area contributed by atoms with E-state index in [2.05, 4.69) is 5.10 Å². The van der Waals surface area contributed by atoms with E-state index < -0.39 is 10.0 Å². The van der Waals surface area contributed by atoms with Gasteiger partial charge in [0, 0.05) is 43.5 Å². The van der Waals surface area contributed by atoms with Gasteiger partial charge in [-0.25, -0.2) is 13.1 Å². The number of hydrogen-bond acceptors (Lipinski definition) is 4. The summed E-state index contributed by atoms with van der Waals surface area (Å²) in [5.74, 6) is -0.282. The van der Waals surface area contributed by atoms with Crippen LogP contribution in [-0.2, 0) is 16.6 Å². The molecule has 0 unspecified atom stereocenters. The molecule has 7 nitrogen and oxygen atoms in total. The predicted octanol–water partition coefficient (Wildman–Crippen LogP) is 4.20. The van der Waals surface area contributed by atoms with Gasteiger partial charge in [-0.2, -0.15) is 9.40 Å². The third-order valence-electron chi connectivity index (χ3n) is 6.04. The molecule has 4 rings (SSSR count). The first-order valence-corrected chi connectivity index (χ1v) is 12.7. The average molecular weight is 487 g/mol. The normalized spacial score (nSPS) is 14.5. The number of para-hydroxylation sites is 1. The molecule has 1 amide bonds. The van der Waals surface area contributed by atoms with Crippen LogP contribution in [0.1, 0.15) is 40.2 Å². The van der Waals surface area contributed by atoms with Crippen molar-refractivity contribution in [2.45, 2.75) is 38.1 Å². The van der Waals surface area contributed by atoms with Crippen molar-refractivity contribution in [1.29, 1.82) is 0 Å². The van der Waals surface area contributed by atoms with E-state index in [1.807, 2.05) is 48.9 Å². The van der Waals surface area contributed by atoms with Gasteiger partial charge in [-0.05, 0) is 57.0 Å². The predicted molar refractivity (Wildman–Crippen MR) is 128 cm³/mol. The molecular weight excluding hydrogens is 460 g/mol. The van der Waals surface area contributed by atoms with Crippen LogP contribution < -0.4 is 0 Å². The maximum absolute atomic E-state index is 13.2. The van der Waals surface area contributed by atoms with Crippen molar-refractivity contribution < 1.29 is 13.2 Å². The van der Waals surface area contributed by atoms with E-state index in [0.29, 0.717) is 19.6 Å². The van der Waals surface area contributed by atoms with Gasteiger partial charge in [-0.15, -0.1) is 0 Å². The molecule has 174 valence electrons. The highest BCUT2D eigenvalue weighted by Gasteiger charge is 2.30. The van der Waals surface area contributed by atoms with Crippen molar-refractivity contribution in [2.24, 2.45) is 0 Å². The second-order valence-electron chi connectivity index (χ2n) is 8.31. The lowest BCUT2D eigenvalue weighted by atomic mass is 10.1. The number of carbonyl (C=O) groups excluding carboxylic acids is 1. The quantitative estimate of drug-likeness (QED) is 0.523. The molecular formula is C24H27ClN4O3S. The second kappa shape index (κ2) is 9.29. The van der Waals surface area contributed by atoms with Crippen LogP contribution in [0.3, 0.4) is 0 Å². The Kier molecular flexibility index (Phi) is 6.61. The number of aromatic nitrogens is 2. The minimum atomic E-state index is -3.73. The Hall–Kier alpha value is -2.68. The molecule has 1 aliphatic heterocycles. The number of amides is 1. The van der Waals surface area contributed by atoms with Crippen molar-refractivity contribution >= 4 is 27.5 Å². The van der Waals surface area contributed by atoms with Gasteiger partial charge in [0.25, 0.3) is 5.91 Å². The number of carbonyl (C=O) groups is 1. The van der Waals surface area contributed by atoms with Crippen molar-refractivity contribution in [3.05, 3.63) is 76.1 Å². The lowest BCUT2D eigenvalue weighted by Gasteiger charge is -2.20. The SMILES string of the molecule is Cc1nn(-c2ccccc2)c(C)c1CN(C)C(=O)c1ccc(Cl)c(S(=O)(=O)N2CCCC2)c1. The van der Waals surface area contributed by atoms with Gasteiger partial charge in [0.2, 0.25) is 10.0 Å². The molecule has 33 heavy (non-hydrogen) atoms. The minimum Gasteiger partial charge on any atom is -0.337 e. The van der Waals surface area contributed by atoms with Crippen LogP contribution in [0.2, 0.25) is 5.02 Å². The molecule has 2 heterocycles.